The van der Waals surface area contributed by atoms with E-state index in [9.17, 15) is 0 Å². The van der Waals surface area contributed by atoms with Gasteiger partial charge in [-0.2, -0.15) is 0 Å². The molecule has 0 bridgehead atoms. The molecule has 1 aromatic rings. The maximum Gasteiger partial charge on any atom is 0.0710 e. The standard InChI is InChI=1S/C28H41NO/c1-19(18-30-29-7)14-24(15-23-12-13-23)16-25-17-27(22(4)21(25)3)28(5,6)26-11-9-8-10-20(26)2/h8-11,16-17,19,21,23,29H,12-15,18H2,1-7H3/b24-16+. The highest BCUT2D eigenvalue weighted by molar-refractivity contribution is 5.54. The highest BCUT2D eigenvalue weighted by atomic mass is 16.6. The molecule has 0 spiro atoms. The largest absolute Gasteiger partial charge is 0.302 e. The van der Waals surface area contributed by atoms with Crippen molar-refractivity contribution in [3.05, 3.63) is 69.8 Å². The molecule has 1 aromatic carbocycles. The van der Waals surface area contributed by atoms with Crippen molar-refractivity contribution in [1.29, 1.82) is 0 Å². The van der Waals surface area contributed by atoms with E-state index in [0.717, 1.165) is 18.9 Å². The molecule has 2 heteroatoms. The van der Waals surface area contributed by atoms with Crippen LogP contribution in [0.1, 0.15) is 71.4 Å². The summed E-state index contributed by atoms with van der Waals surface area (Å²) in [7, 11) is 1.84. The molecule has 164 valence electrons. The predicted molar refractivity (Wildman–Crippen MR) is 128 cm³/mol. The van der Waals surface area contributed by atoms with E-state index in [4.69, 9.17) is 4.84 Å². The molecule has 0 aliphatic heterocycles. The molecule has 0 radical (unpaired) electrons. The van der Waals surface area contributed by atoms with Crippen LogP contribution in [0.5, 0.6) is 0 Å². The zero-order chi connectivity index (χ0) is 21.9. The van der Waals surface area contributed by atoms with E-state index >= 15 is 0 Å². The minimum absolute atomic E-state index is 0.0177. The van der Waals surface area contributed by atoms with Gasteiger partial charge in [0, 0.05) is 18.4 Å². The first-order valence-corrected chi connectivity index (χ1v) is 11.7. The van der Waals surface area contributed by atoms with E-state index in [1.807, 2.05) is 7.05 Å². The van der Waals surface area contributed by atoms with Crippen LogP contribution in [0.3, 0.4) is 0 Å². The maximum atomic E-state index is 5.45. The Balaban J connectivity index is 1.87. The van der Waals surface area contributed by atoms with E-state index < -0.39 is 0 Å². The summed E-state index contributed by atoms with van der Waals surface area (Å²) in [6.45, 7) is 14.8. The van der Waals surface area contributed by atoms with Crippen LogP contribution in [-0.4, -0.2) is 13.7 Å². The topological polar surface area (TPSA) is 21.3 Å². The van der Waals surface area contributed by atoms with E-state index in [2.05, 4.69) is 83.4 Å². The van der Waals surface area contributed by atoms with Crippen LogP contribution in [0.4, 0.5) is 0 Å². The number of hydrogen-bond donors (Lipinski definition) is 1. The van der Waals surface area contributed by atoms with Crippen LogP contribution >= 0.6 is 0 Å². The summed E-state index contributed by atoms with van der Waals surface area (Å²) < 4.78 is 0. The van der Waals surface area contributed by atoms with Crippen LogP contribution in [0.15, 0.2) is 58.7 Å². The van der Waals surface area contributed by atoms with Crippen molar-refractivity contribution in [2.45, 2.75) is 72.6 Å². The highest BCUT2D eigenvalue weighted by Crippen LogP contribution is 2.45. The van der Waals surface area contributed by atoms with Crippen molar-refractivity contribution in [2.24, 2.45) is 17.8 Å². The summed E-state index contributed by atoms with van der Waals surface area (Å²) in [6, 6.07) is 8.84. The van der Waals surface area contributed by atoms with Gasteiger partial charge in [-0.15, -0.1) is 0 Å². The molecule has 2 unspecified atom stereocenters. The van der Waals surface area contributed by atoms with Gasteiger partial charge in [0.2, 0.25) is 0 Å². The van der Waals surface area contributed by atoms with Crippen molar-refractivity contribution in [2.75, 3.05) is 13.7 Å². The molecule has 2 aliphatic carbocycles. The Morgan fingerprint density at radius 1 is 1.23 bits per heavy atom. The smallest absolute Gasteiger partial charge is 0.0710 e. The monoisotopic (exact) mass is 407 g/mol. The van der Waals surface area contributed by atoms with E-state index in [0.29, 0.717) is 11.8 Å². The Morgan fingerprint density at radius 3 is 2.57 bits per heavy atom. The van der Waals surface area contributed by atoms with Gasteiger partial charge in [0.1, 0.15) is 0 Å². The molecule has 0 heterocycles. The van der Waals surface area contributed by atoms with Crippen molar-refractivity contribution >= 4 is 0 Å². The third-order valence-electron chi connectivity index (χ3n) is 7.12. The van der Waals surface area contributed by atoms with E-state index in [-0.39, 0.29) is 5.41 Å². The third kappa shape index (κ3) is 5.34. The molecule has 3 rings (SSSR count). The fourth-order valence-electron chi connectivity index (χ4n) is 5.01. The zero-order valence-electron chi connectivity index (χ0n) is 20.1. The number of benzene rings is 1. The van der Waals surface area contributed by atoms with Crippen LogP contribution in [-0.2, 0) is 10.3 Å². The molecule has 0 amide bonds. The maximum absolute atomic E-state index is 5.45. The first kappa shape index (κ1) is 23.0. The molecule has 0 saturated heterocycles. The average molecular weight is 408 g/mol. The number of hydroxylamine groups is 1. The molecule has 30 heavy (non-hydrogen) atoms. The second-order valence-electron chi connectivity index (χ2n) is 10.2. The van der Waals surface area contributed by atoms with Gasteiger partial charge in [0.05, 0.1) is 6.61 Å². The predicted octanol–water partition coefficient (Wildman–Crippen LogP) is 7.07. The zero-order valence-corrected chi connectivity index (χ0v) is 20.1. The lowest BCUT2D eigenvalue weighted by Gasteiger charge is -2.29. The molecular weight excluding hydrogens is 366 g/mol. The third-order valence-corrected chi connectivity index (χ3v) is 7.12. The highest BCUT2D eigenvalue weighted by Gasteiger charge is 2.33. The SMILES string of the molecule is CNOCC(C)C/C(=C\C1=CC(C(C)(C)c2ccccc2C)=C(C)C1C)CC1CC1. The number of nitrogens with one attached hydrogen (secondary N) is 1. The van der Waals surface area contributed by atoms with Gasteiger partial charge >= 0.3 is 0 Å². The second kappa shape index (κ2) is 9.66. The van der Waals surface area contributed by atoms with Crippen LogP contribution in [0.25, 0.3) is 0 Å². The lowest BCUT2D eigenvalue weighted by molar-refractivity contribution is 0.0354. The van der Waals surface area contributed by atoms with Crippen LogP contribution in [0.2, 0.25) is 0 Å². The lowest BCUT2D eigenvalue weighted by atomic mass is 9.74. The minimum atomic E-state index is 0.0177. The average Bonchev–Trinajstić information content (AvgIpc) is 3.47. The summed E-state index contributed by atoms with van der Waals surface area (Å²) >= 11 is 0. The fourth-order valence-corrected chi connectivity index (χ4v) is 5.01. The Hall–Kier alpha value is -1.64. The Labute approximate surface area is 184 Å². The molecule has 1 N–H and O–H groups in total. The Bertz CT molecular complexity index is 838. The van der Waals surface area contributed by atoms with Crippen LogP contribution < -0.4 is 5.48 Å². The van der Waals surface area contributed by atoms with Crippen molar-refractivity contribution in [3.63, 3.8) is 0 Å². The van der Waals surface area contributed by atoms with Crippen LogP contribution in [0, 0.1) is 24.7 Å². The molecular formula is C28H41NO. The van der Waals surface area contributed by atoms with Gasteiger partial charge in [-0.25, -0.2) is 5.48 Å². The van der Waals surface area contributed by atoms with Crippen molar-refractivity contribution in [1.82, 2.24) is 5.48 Å². The normalized spacial score (nSPS) is 21.2. The first-order valence-electron chi connectivity index (χ1n) is 11.7. The van der Waals surface area contributed by atoms with E-state index in [1.165, 1.54) is 47.1 Å². The Morgan fingerprint density at radius 2 is 1.93 bits per heavy atom. The molecule has 1 fully saturated rings. The van der Waals surface area contributed by atoms with Crippen molar-refractivity contribution in [3.8, 4) is 0 Å². The fraction of sp³-hybridized carbons (Fsp3) is 0.571. The summed E-state index contributed by atoms with van der Waals surface area (Å²) in [5.41, 5.74) is 11.7. The molecule has 2 nitrogen and oxygen atoms in total. The number of hydrogen-bond acceptors (Lipinski definition) is 2. The quantitative estimate of drug-likeness (QED) is 0.419. The molecule has 2 aliphatic rings. The number of allylic oxidation sites excluding steroid dienone is 6. The summed E-state index contributed by atoms with van der Waals surface area (Å²) in [5.74, 6) is 1.92. The lowest BCUT2D eigenvalue weighted by Crippen LogP contribution is -2.21. The molecule has 1 saturated carbocycles. The second-order valence-corrected chi connectivity index (χ2v) is 10.2. The summed E-state index contributed by atoms with van der Waals surface area (Å²) in [6.07, 6.45) is 10.2. The summed E-state index contributed by atoms with van der Waals surface area (Å²) in [5, 5.41) is 0. The van der Waals surface area contributed by atoms with Gasteiger partial charge in [0.25, 0.3) is 0 Å². The van der Waals surface area contributed by atoms with Crippen molar-refractivity contribution < 1.29 is 4.84 Å². The van der Waals surface area contributed by atoms with Gasteiger partial charge in [-0.3, -0.25) is 0 Å². The van der Waals surface area contributed by atoms with Gasteiger partial charge in [-0.05, 0) is 73.6 Å². The Kier molecular flexibility index (Phi) is 7.42. The molecule has 2 atom stereocenters. The molecule has 0 aromatic heterocycles. The van der Waals surface area contributed by atoms with Gasteiger partial charge in [0.15, 0.2) is 0 Å². The van der Waals surface area contributed by atoms with Gasteiger partial charge in [-0.1, -0.05) is 75.3 Å². The summed E-state index contributed by atoms with van der Waals surface area (Å²) in [4.78, 5) is 5.45. The minimum Gasteiger partial charge on any atom is -0.302 e. The van der Waals surface area contributed by atoms with Gasteiger partial charge < -0.3 is 4.84 Å². The number of aryl methyl sites for hydroxylation is 1. The van der Waals surface area contributed by atoms with E-state index in [1.54, 1.807) is 5.57 Å². The first-order chi connectivity index (χ1) is 14.2. The number of rotatable bonds is 10.